The Labute approximate surface area is 154 Å². The lowest BCUT2D eigenvalue weighted by Crippen LogP contribution is -2.42. The van der Waals surface area contributed by atoms with E-state index in [4.69, 9.17) is 23.1 Å². The van der Waals surface area contributed by atoms with E-state index in [0.717, 1.165) is 0 Å². The van der Waals surface area contributed by atoms with Crippen molar-refractivity contribution in [1.82, 2.24) is 4.90 Å². The summed E-state index contributed by atoms with van der Waals surface area (Å²) < 4.78 is 0. The third kappa shape index (κ3) is 3.81. The first-order valence-corrected chi connectivity index (χ1v) is 9.02. The average Bonchev–Trinajstić information content (AvgIpc) is 3.03. The van der Waals surface area contributed by atoms with Crippen molar-refractivity contribution in [2.75, 3.05) is 11.6 Å². The minimum Gasteiger partial charge on any atom is -0.480 e. The number of hydrogen-bond acceptors (Lipinski definition) is 3. The number of halogens is 1. The van der Waals surface area contributed by atoms with Crippen molar-refractivity contribution in [3.05, 3.63) is 58.6 Å². The minimum atomic E-state index is -1.01. The molecule has 25 heavy (non-hydrogen) atoms. The second-order valence-corrected chi connectivity index (χ2v) is 6.98. The summed E-state index contributed by atoms with van der Waals surface area (Å²) in [6, 6.07) is 12.3. The zero-order valence-electron chi connectivity index (χ0n) is 13.1. The molecule has 1 aromatic rings. The van der Waals surface area contributed by atoms with Gasteiger partial charge < -0.3 is 10.0 Å². The largest absolute Gasteiger partial charge is 0.480 e. The van der Waals surface area contributed by atoms with E-state index < -0.39 is 12.0 Å². The third-order valence-electron chi connectivity index (χ3n) is 3.91. The first kappa shape index (κ1) is 17.4. The molecule has 126 valence electrons. The predicted molar refractivity (Wildman–Crippen MR) is 99.7 cm³/mol. The first-order valence-electron chi connectivity index (χ1n) is 7.49. The van der Waals surface area contributed by atoms with Crippen molar-refractivity contribution in [2.45, 2.75) is 6.04 Å². The fraction of sp³-hybridized carbons (Fsp3) is 0.158. The van der Waals surface area contributed by atoms with Gasteiger partial charge in [-0.2, -0.15) is 0 Å². The molecule has 1 amide bonds. The Hall–Kier alpha value is -2.42. The van der Waals surface area contributed by atoms with Crippen LogP contribution >= 0.6 is 23.4 Å². The number of thioether (sulfide) groups is 1. The number of nitrogens with zero attached hydrogens (tertiary/aromatic N) is 1. The number of amides is 1. The van der Waals surface area contributed by atoms with Gasteiger partial charge in [0, 0.05) is 16.3 Å². The van der Waals surface area contributed by atoms with Crippen LogP contribution in [-0.2, 0) is 4.79 Å². The fourth-order valence-electron chi connectivity index (χ4n) is 2.50. The summed E-state index contributed by atoms with van der Waals surface area (Å²) in [5.41, 5.74) is 3.53. The molecule has 4 rings (SSSR count). The highest BCUT2D eigenvalue weighted by molar-refractivity contribution is 7.99. The number of carbonyl (C=O) groups is 2. The molecule has 0 saturated carbocycles. The van der Waals surface area contributed by atoms with Crippen LogP contribution in [0.4, 0.5) is 0 Å². The van der Waals surface area contributed by atoms with Gasteiger partial charge in [0.1, 0.15) is 6.04 Å². The fourth-order valence-corrected chi connectivity index (χ4v) is 3.82. The number of hydrogen-bond donors (Lipinski definition) is 1. The second-order valence-electron chi connectivity index (χ2n) is 5.54. The Balaban J connectivity index is 0.000000250. The van der Waals surface area contributed by atoms with Crippen LogP contribution < -0.4 is 0 Å². The normalized spacial score (nSPS) is 16.5. The number of carboxylic acid groups (broad SMARTS) is 1. The molecule has 0 radical (unpaired) electrons. The molecule has 1 aliphatic heterocycles. The standard InChI is InChI=1S/C13H10ClNO3S.C6H4/c1-2-8-5-9(14)3-4-10(8)12(16)15-7-19-6-11(15)13(17)18;1-2-5-4-6(5)3-1/h1,3-5,11H,6-7H2,(H,17,18);1-4H. The maximum Gasteiger partial charge on any atom is 0.327 e. The summed E-state index contributed by atoms with van der Waals surface area (Å²) in [6.07, 6.45) is 5.35. The molecule has 0 spiro atoms. The van der Waals surface area contributed by atoms with Crippen LogP contribution in [0.3, 0.4) is 0 Å². The van der Waals surface area contributed by atoms with Gasteiger partial charge in [-0.05, 0) is 35.4 Å². The Morgan fingerprint density at radius 2 is 1.96 bits per heavy atom. The molecular weight excluding hydrogens is 358 g/mol. The molecule has 1 atom stereocenters. The van der Waals surface area contributed by atoms with Gasteiger partial charge in [-0.15, -0.1) is 18.2 Å². The minimum absolute atomic E-state index is 0.306. The predicted octanol–water partition coefficient (Wildman–Crippen LogP) is 3.59. The molecule has 1 N–H and O–H groups in total. The van der Waals surface area contributed by atoms with Crippen molar-refractivity contribution >= 4 is 35.2 Å². The molecule has 1 saturated heterocycles. The highest BCUT2D eigenvalue weighted by atomic mass is 35.5. The Kier molecular flexibility index (Phi) is 5.03. The molecule has 2 aliphatic carbocycles. The lowest BCUT2D eigenvalue weighted by atomic mass is 10.1. The van der Waals surface area contributed by atoms with Crippen LogP contribution in [0.25, 0.3) is 11.1 Å². The van der Waals surface area contributed by atoms with E-state index in [2.05, 4.69) is 30.2 Å². The maximum atomic E-state index is 12.4. The Morgan fingerprint density at radius 1 is 1.24 bits per heavy atom. The third-order valence-corrected chi connectivity index (χ3v) is 5.16. The number of carbonyl (C=O) groups excluding carboxylic acids is 1. The molecule has 3 aliphatic rings. The van der Waals surface area contributed by atoms with Crippen LogP contribution in [-0.4, -0.2) is 39.6 Å². The average molecular weight is 372 g/mol. The molecule has 1 heterocycles. The summed E-state index contributed by atoms with van der Waals surface area (Å²) in [5, 5.41) is 9.52. The van der Waals surface area contributed by atoms with Gasteiger partial charge in [-0.3, -0.25) is 4.79 Å². The zero-order chi connectivity index (χ0) is 18.0. The van der Waals surface area contributed by atoms with Crippen molar-refractivity contribution in [1.29, 1.82) is 0 Å². The van der Waals surface area contributed by atoms with Crippen molar-refractivity contribution in [2.24, 2.45) is 0 Å². The number of terminal acetylenes is 1. The quantitative estimate of drug-likeness (QED) is 0.699. The van der Waals surface area contributed by atoms with Gasteiger partial charge in [0.05, 0.1) is 11.4 Å². The topological polar surface area (TPSA) is 57.6 Å². The van der Waals surface area contributed by atoms with Crippen LogP contribution in [0.2, 0.25) is 5.02 Å². The maximum absolute atomic E-state index is 12.4. The van der Waals surface area contributed by atoms with Crippen LogP contribution in [0, 0.1) is 12.3 Å². The van der Waals surface area contributed by atoms with E-state index in [-0.39, 0.29) is 5.91 Å². The summed E-state index contributed by atoms with van der Waals surface area (Å²) in [6.45, 7) is 0. The molecule has 6 heteroatoms. The lowest BCUT2D eigenvalue weighted by Gasteiger charge is -2.21. The Morgan fingerprint density at radius 3 is 2.48 bits per heavy atom. The summed E-state index contributed by atoms with van der Waals surface area (Å²) in [4.78, 5) is 24.8. The number of carboxylic acids is 1. The summed E-state index contributed by atoms with van der Waals surface area (Å²) in [5.74, 6) is 1.76. The number of benzene rings is 2. The summed E-state index contributed by atoms with van der Waals surface area (Å²) >= 11 is 7.23. The molecule has 1 fully saturated rings. The second kappa shape index (κ2) is 7.22. The molecule has 0 bridgehead atoms. The summed E-state index contributed by atoms with van der Waals surface area (Å²) in [7, 11) is 0. The smallest absolute Gasteiger partial charge is 0.327 e. The Bertz CT molecular complexity index is 873. The van der Waals surface area contributed by atoms with Gasteiger partial charge >= 0.3 is 5.97 Å². The molecule has 1 aromatic carbocycles. The highest BCUT2D eigenvalue weighted by Crippen LogP contribution is 2.32. The van der Waals surface area contributed by atoms with E-state index in [1.54, 1.807) is 6.07 Å². The van der Waals surface area contributed by atoms with Gasteiger partial charge in [0.2, 0.25) is 0 Å². The van der Waals surface area contributed by atoms with Gasteiger partial charge in [0.15, 0.2) is 0 Å². The van der Waals surface area contributed by atoms with Crippen LogP contribution in [0.5, 0.6) is 0 Å². The molecule has 0 aromatic heterocycles. The molecule has 1 unspecified atom stereocenters. The molecule has 4 nitrogen and oxygen atoms in total. The lowest BCUT2D eigenvalue weighted by molar-refractivity contribution is -0.140. The first-order chi connectivity index (χ1) is 12.0. The number of fused-ring (bicyclic) bond motifs is 1. The number of rotatable bonds is 2. The van der Waals surface area contributed by atoms with E-state index >= 15 is 0 Å². The monoisotopic (exact) mass is 371 g/mol. The highest BCUT2D eigenvalue weighted by Gasteiger charge is 2.35. The van der Waals surface area contributed by atoms with Crippen molar-refractivity contribution in [3.63, 3.8) is 0 Å². The SMILES string of the molecule is C#Cc1cc(Cl)ccc1C(=O)N1CSCC1C(=O)O.c1cc2cc-2c1. The van der Waals surface area contributed by atoms with Crippen LogP contribution in [0.1, 0.15) is 15.9 Å². The van der Waals surface area contributed by atoms with E-state index in [1.807, 2.05) is 0 Å². The van der Waals surface area contributed by atoms with E-state index in [9.17, 15) is 9.59 Å². The van der Waals surface area contributed by atoms with Crippen molar-refractivity contribution in [3.8, 4) is 23.5 Å². The van der Waals surface area contributed by atoms with E-state index in [1.165, 1.54) is 39.9 Å². The van der Waals surface area contributed by atoms with Gasteiger partial charge in [-0.25, -0.2) is 4.79 Å². The van der Waals surface area contributed by atoms with E-state index in [0.29, 0.717) is 27.8 Å². The van der Waals surface area contributed by atoms with Crippen molar-refractivity contribution < 1.29 is 14.7 Å². The zero-order valence-corrected chi connectivity index (χ0v) is 14.7. The van der Waals surface area contributed by atoms with Crippen LogP contribution in [0.15, 0.2) is 42.5 Å². The van der Waals surface area contributed by atoms with Gasteiger partial charge in [0.25, 0.3) is 5.91 Å². The van der Waals surface area contributed by atoms with Gasteiger partial charge in [-0.1, -0.05) is 35.7 Å². The molecular formula is C19H14ClNO3S. The number of aliphatic carboxylic acids is 1.